The molecular weight excluding hydrogens is 364 g/mol. The fourth-order valence-corrected chi connectivity index (χ4v) is 3.59. The van der Waals surface area contributed by atoms with E-state index in [2.05, 4.69) is 41.4 Å². The van der Waals surface area contributed by atoms with E-state index in [4.69, 9.17) is 9.47 Å². The van der Waals surface area contributed by atoms with Gasteiger partial charge in [0.2, 0.25) is 0 Å². The van der Waals surface area contributed by atoms with Crippen LogP contribution in [0.1, 0.15) is 45.2 Å². The van der Waals surface area contributed by atoms with Crippen molar-refractivity contribution >= 4 is 11.6 Å². The van der Waals surface area contributed by atoms with Crippen molar-refractivity contribution in [2.24, 2.45) is 5.92 Å². The number of hydrogen-bond donors (Lipinski definition) is 1. The van der Waals surface area contributed by atoms with Crippen molar-refractivity contribution in [2.75, 3.05) is 25.1 Å². The number of carbonyl (C=O) groups is 1. The highest BCUT2D eigenvalue weighted by Gasteiger charge is 2.19. The molecule has 2 atom stereocenters. The van der Waals surface area contributed by atoms with Crippen LogP contribution in [0.15, 0.2) is 48.5 Å². The van der Waals surface area contributed by atoms with E-state index in [1.165, 1.54) is 18.5 Å². The fourth-order valence-electron chi connectivity index (χ4n) is 3.59. The maximum Gasteiger partial charge on any atom is 0.261 e. The van der Waals surface area contributed by atoms with Crippen LogP contribution in [0, 0.1) is 5.92 Å². The first-order chi connectivity index (χ1) is 14.0. The van der Waals surface area contributed by atoms with Gasteiger partial charge in [0.15, 0.2) is 6.10 Å². The van der Waals surface area contributed by atoms with Crippen LogP contribution < -0.4 is 19.7 Å². The zero-order valence-corrected chi connectivity index (χ0v) is 17.9. The molecule has 1 aliphatic rings. The van der Waals surface area contributed by atoms with Gasteiger partial charge < -0.3 is 19.7 Å². The summed E-state index contributed by atoms with van der Waals surface area (Å²) in [4.78, 5) is 15.0. The molecule has 0 radical (unpaired) electrons. The van der Waals surface area contributed by atoms with Crippen LogP contribution in [0.4, 0.5) is 5.69 Å². The van der Waals surface area contributed by atoms with Gasteiger partial charge in [0.25, 0.3) is 5.91 Å². The van der Waals surface area contributed by atoms with Gasteiger partial charge in [-0.1, -0.05) is 25.1 Å². The Morgan fingerprint density at radius 2 is 1.72 bits per heavy atom. The van der Waals surface area contributed by atoms with Gasteiger partial charge in [0, 0.05) is 24.8 Å². The van der Waals surface area contributed by atoms with E-state index >= 15 is 0 Å². The van der Waals surface area contributed by atoms with Crippen molar-refractivity contribution in [3.05, 3.63) is 54.1 Å². The molecule has 29 heavy (non-hydrogen) atoms. The average Bonchev–Trinajstić information content (AvgIpc) is 2.74. The Bertz CT molecular complexity index is 798. The van der Waals surface area contributed by atoms with Gasteiger partial charge in [-0.15, -0.1) is 0 Å². The third-order valence-corrected chi connectivity index (χ3v) is 5.62. The first-order valence-electron chi connectivity index (χ1n) is 10.4. The van der Waals surface area contributed by atoms with Crippen LogP contribution >= 0.6 is 0 Å². The molecule has 0 aliphatic carbocycles. The highest BCUT2D eigenvalue weighted by molar-refractivity contribution is 5.81. The van der Waals surface area contributed by atoms with Crippen molar-refractivity contribution < 1.29 is 14.3 Å². The third kappa shape index (κ3) is 5.66. The molecule has 1 saturated heterocycles. The lowest BCUT2D eigenvalue weighted by Crippen LogP contribution is -2.37. The number of rotatable bonds is 7. The first kappa shape index (κ1) is 21.0. The maximum absolute atomic E-state index is 12.6. The molecule has 5 nitrogen and oxygen atoms in total. The quantitative estimate of drug-likeness (QED) is 0.744. The smallest absolute Gasteiger partial charge is 0.261 e. The Hall–Kier alpha value is -2.69. The summed E-state index contributed by atoms with van der Waals surface area (Å²) in [5, 5.41) is 3.04. The minimum absolute atomic E-state index is 0.0886. The van der Waals surface area contributed by atoms with E-state index in [-0.39, 0.29) is 11.9 Å². The SMILES string of the molecule is COc1cccc(O[C@@H](C)C(=O)N[C@@H](C)c2ccc(N3CCC(C)CC3)cc2)c1. The molecule has 0 aromatic heterocycles. The minimum Gasteiger partial charge on any atom is -0.497 e. The van der Waals surface area contributed by atoms with Crippen LogP contribution in [-0.4, -0.2) is 32.2 Å². The summed E-state index contributed by atoms with van der Waals surface area (Å²) in [5.41, 5.74) is 2.34. The third-order valence-electron chi connectivity index (χ3n) is 5.62. The molecular formula is C24H32N2O3. The molecule has 0 bridgehead atoms. The number of piperidine rings is 1. The van der Waals surface area contributed by atoms with Crippen LogP contribution in [0.2, 0.25) is 0 Å². The number of methoxy groups -OCH3 is 1. The maximum atomic E-state index is 12.6. The number of benzene rings is 2. The highest BCUT2D eigenvalue weighted by atomic mass is 16.5. The highest BCUT2D eigenvalue weighted by Crippen LogP contribution is 2.25. The summed E-state index contributed by atoms with van der Waals surface area (Å²) in [6.45, 7) is 8.30. The molecule has 2 aromatic carbocycles. The lowest BCUT2D eigenvalue weighted by atomic mass is 9.98. The molecule has 3 rings (SSSR count). The number of nitrogens with zero attached hydrogens (tertiary/aromatic N) is 1. The van der Waals surface area contributed by atoms with E-state index in [1.807, 2.05) is 25.1 Å². The number of carbonyl (C=O) groups excluding carboxylic acids is 1. The Morgan fingerprint density at radius 3 is 2.38 bits per heavy atom. The summed E-state index contributed by atoms with van der Waals surface area (Å²) in [7, 11) is 1.61. The van der Waals surface area contributed by atoms with Gasteiger partial charge in [-0.25, -0.2) is 0 Å². The van der Waals surface area contributed by atoms with Crippen molar-refractivity contribution in [1.29, 1.82) is 0 Å². The number of hydrogen-bond acceptors (Lipinski definition) is 4. The van der Waals surface area contributed by atoms with Crippen molar-refractivity contribution in [3.8, 4) is 11.5 Å². The van der Waals surface area contributed by atoms with E-state index in [9.17, 15) is 4.79 Å². The second kappa shape index (κ2) is 9.68. The molecule has 1 heterocycles. The summed E-state index contributed by atoms with van der Waals surface area (Å²) in [6, 6.07) is 15.7. The normalized spacial score (nSPS) is 16.8. The Kier molecular flexibility index (Phi) is 7.02. The first-order valence-corrected chi connectivity index (χ1v) is 10.4. The number of anilines is 1. The van der Waals surface area contributed by atoms with E-state index < -0.39 is 6.10 Å². The standard InChI is InChI=1S/C24H32N2O3/c1-17-12-14-26(15-13-17)21-10-8-20(9-11-21)18(2)25-24(27)19(3)29-23-7-5-6-22(16-23)28-4/h5-11,16-19H,12-15H2,1-4H3,(H,25,27)/t18-,19-/m0/s1. The topological polar surface area (TPSA) is 50.8 Å². The number of ether oxygens (including phenoxy) is 2. The Balaban J connectivity index is 1.54. The molecule has 2 aromatic rings. The molecule has 5 heteroatoms. The van der Waals surface area contributed by atoms with Crippen LogP contribution in [0.5, 0.6) is 11.5 Å². The molecule has 1 amide bonds. The van der Waals surface area contributed by atoms with Crippen molar-refractivity contribution in [2.45, 2.75) is 45.8 Å². The van der Waals surface area contributed by atoms with Crippen LogP contribution in [0.25, 0.3) is 0 Å². The van der Waals surface area contributed by atoms with Crippen LogP contribution in [-0.2, 0) is 4.79 Å². The van der Waals surface area contributed by atoms with Gasteiger partial charge in [0.05, 0.1) is 13.2 Å². The molecule has 0 saturated carbocycles. The second-order valence-corrected chi connectivity index (χ2v) is 7.93. The largest absolute Gasteiger partial charge is 0.497 e. The van der Waals surface area contributed by atoms with Gasteiger partial charge in [-0.05, 0) is 62.4 Å². The predicted octanol–water partition coefficient (Wildman–Crippen LogP) is 4.58. The lowest BCUT2D eigenvalue weighted by molar-refractivity contribution is -0.127. The number of nitrogens with one attached hydrogen (secondary N) is 1. The zero-order valence-electron chi connectivity index (χ0n) is 17.9. The molecule has 1 N–H and O–H groups in total. The predicted molar refractivity (Wildman–Crippen MR) is 117 cm³/mol. The van der Waals surface area contributed by atoms with Gasteiger partial charge in [-0.3, -0.25) is 4.79 Å². The molecule has 1 aliphatic heterocycles. The van der Waals surface area contributed by atoms with Crippen LogP contribution in [0.3, 0.4) is 0 Å². The van der Waals surface area contributed by atoms with Crippen molar-refractivity contribution in [3.63, 3.8) is 0 Å². The molecule has 0 spiro atoms. The summed E-state index contributed by atoms with van der Waals surface area (Å²) in [6.07, 6.45) is 1.90. The van der Waals surface area contributed by atoms with Gasteiger partial charge >= 0.3 is 0 Å². The average molecular weight is 397 g/mol. The zero-order chi connectivity index (χ0) is 20.8. The Labute approximate surface area is 174 Å². The number of amides is 1. The van der Waals surface area contributed by atoms with Crippen molar-refractivity contribution in [1.82, 2.24) is 5.32 Å². The molecule has 1 fully saturated rings. The molecule has 0 unspecified atom stereocenters. The Morgan fingerprint density at radius 1 is 1.07 bits per heavy atom. The van der Waals surface area contributed by atoms with E-state index in [0.717, 1.165) is 24.6 Å². The minimum atomic E-state index is -0.598. The van der Waals surface area contributed by atoms with Gasteiger partial charge in [0.1, 0.15) is 11.5 Å². The summed E-state index contributed by atoms with van der Waals surface area (Å²) < 4.78 is 11.0. The van der Waals surface area contributed by atoms with E-state index in [1.54, 1.807) is 20.1 Å². The second-order valence-electron chi connectivity index (χ2n) is 7.93. The molecule has 156 valence electrons. The van der Waals surface area contributed by atoms with Gasteiger partial charge in [-0.2, -0.15) is 0 Å². The van der Waals surface area contributed by atoms with E-state index in [0.29, 0.717) is 11.5 Å². The summed E-state index contributed by atoms with van der Waals surface area (Å²) >= 11 is 0. The monoisotopic (exact) mass is 396 g/mol. The summed E-state index contributed by atoms with van der Waals surface area (Å²) in [5.74, 6) is 1.99. The lowest BCUT2D eigenvalue weighted by Gasteiger charge is -2.32. The fraction of sp³-hybridized carbons (Fsp3) is 0.458.